The van der Waals surface area contributed by atoms with E-state index in [1.54, 1.807) is 0 Å². The highest BCUT2D eigenvalue weighted by Gasteiger charge is 2.19. The fourth-order valence-corrected chi connectivity index (χ4v) is 3.53. The van der Waals surface area contributed by atoms with Gasteiger partial charge in [-0.25, -0.2) is 0 Å². The average Bonchev–Trinajstić information content (AvgIpc) is 2.64. The van der Waals surface area contributed by atoms with Crippen molar-refractivity contribution in [2.24, 2.45) is 0 Å². The van der Waals surface area contributed by atoms with Crippen LogP contribution in [0.15, 0.2) is 18.2 Å². The minimum absolute atomic E-state index is 0.356. The first kappa shape index (κ1) is 19.3. The molecule has 0 radical (unpaired) electrons. The molecule has 0 saturated carbocycles. The van der Waals surface area contributed by atoms with Gasteiger partial charge in [0.05, 0.1) is 18.3 Å². The van der Waals surface area contributed by atoms with E-state index < -0.39 is 0 Å². The van der Waals surface area contributed by atoms with E-state index in [-0.39, 0.29) is 0 Å². The van der Waals surface area contributed by atoms with Gasteiger partial charge in [0, 0.05) is 51.5 Å². The number of rotatable bonds is 5. The zero-order chi connectivity index (χ0) is 18.2. The van der Waals surface area contributed by atoms with Crippen LogP contribution in [-0.4, -0.2) is 85.3 Å². The summed E-state index contributed by atoms with van der Waals surface area (Å²) in [6.45, 7) is 11.1. The quantitative estimate of drug-likeness (QED) is 0.749. The van der Waals surface area contributed by atoms with Crippen LogP contribution in [0, 0.1) is 18.8 Å². The van der Waals surface area contributed by atoms with Crippen molar-refractivity contribution in [3.8, 4) is 11.8 Å². The van der Waals surface area contributed by atoms with E-state index in [1.165, 1.54) is 5.69 Å². The summed E-state index contributed by atoms with van der Waals surface area (Å²) in [6, 6.07) is 6.26. The van der Waals surface area contributed by atoms with Crippen LogP contribution in [0.3, 0.4) is 0 Å². The lowest BCUT2D eigenvalue weighted by Crippen LogP contribution is -2.44. The molecule has 0 N–H and O–H groups in total. The number of likely N-dealkylation sites (tertiary alicyclic amines) is 1. The van der Waals surface area contributed by atoms with Crippen LogP contribution in [0.25, 0.3) is 0 Å². The first-order valence-electron chi connectivity index (χ1n) is 9.82. The minimum atomic E-state index is 0.356. The van der Waals surface area contributed by atoms with Gasteiger partial charge in [0.2, 0.25) is 0 Å². The molecule has 5 heteroatoms. The summed E-state index contributed by atoms with van der Waals surface area (Å²) in [4.78, 5) is 11.9. The van der Waals surface area contributed by atoms with E-state index in [0.29, 0.717) is 12.7 Å². The Bertz CT molecular complexity index is 608. The van der Waals surface area contributed by atoms with E-state index in [4.69, 9.17) is 4.74 Å². The van der Waals surface area contributed by atoms with Crippen molar-refractivity contribution in [2.75, 3.05) is 59.5 Å². The Morgan fingerprint density at radius 2 is 1.81 bits per heavy atom. The molecule has 3 heterocycles. The monoisotopic (exact) mass is 356 g/mol. The molecule has 2 aliphatic rings. The van der Waals surface area contributed by atoms with Gasteiger partial charge in [-0.3, -0.25) is 14.8 Å². The van der Waals surface area contributed by atoms with Crippen molar-refractivity contribution in [3.05, 3.63) is 29.6 Å². The third-order valence-corrected chi connectivity index (χ3v) is 5.28. The van der Waals surface area contributed by atoms with Crippen molar-refractivity contribution in [2.45, 2.75) is 32.4 Å². The van der Waals surface area contributed by atoms with Gasteiger partial charge >= 0.3 is 0 Å². The van der Waals surface area contributed by atoms with E-state index in [0.717, 1.165) is 70.9 Å². The number of hydrogen-bond donors (Lipinski definition) is 0. The summed E-state index contributed by atoms with van der Waals surface area (Å²) in [5, 5.41) is 0. The number of ether oxygens (including phenoxy) is 1. The smallest absolute Gasteiger partial charge is 0.108 e. The number of nitrogens with zero attached hydrogens (tertiary/aromatic N) is 4. The van der Waals surface area contributed by atoms with Crippen LogP contribution >= 0.6 is 0 Å². The van der Waals surface area contributed by atoms with E-state index in [1.807, 2.05) is 13.0 Å². The van der Waals surface area contributed by atoms with Gasteiger partial charge in [-0.15, -0.1) is 0 Å². The van der Waals surface area contributed by atoms with Crippen molar-refractivity contribution in [3.63, 3.8) is 0 Å². The Hall–Kier alpha value is -1.45. The predicted molar refractivity (Wildman–Crippen MR) is 105 cm³/mol. The van der Waals surface area contributed by atoms with E-state index >= 15 is 0 Å². The Balaban J connectivity index is 1.29. The highest BCUT2D eigenvalue weighted by atomic mass is 16.5. The van der Waals surface area contributed by atoms with E-state index in [2.05, 4.69) is 50.7 Å². The molecular weight excluding hydrogens is 324 g/mol. The largest absolute Gasteiger partial charge is 0.365 e. The first-order valence-corrected chi connectivity index (χ1v) is 9.82. The number of likely N-dealkylation sites (N-methyl/N-ethyl adjacent to an activating group) is 1. The molecular formula is C21H32N4O. The van der Waals surface area contributed by atoms with E-state index in [9.17, 15) is 0 Å². The molecule has 0 bridgehead atoms. The molecule has 1 aromatic rings. The molecule has 2 saturated heterocycles. The molecule has 3 rings (SSSR count). The topological polar surface area (TPSA) is 31.8 Å². The average molecular weight is 357 g/mol. The predicted octanol–water partition coefficient (Wildman–Crippen LogP) is 1.62. The summed E-state index contributed by atoms with van der Waals surface area (Å²) < 4.78 is 5.96. The standard InChI is InChI=1S/C21H32N4O/c1-19-6-5-7-20(22-19)18-25-11-8-21(9-12-25)26-17-4-3-10-24-15-13-23(2)14-16-24/h5-7,21H,8-18H2,1-2H3. The molecule has 142 valence electrons. The highest BCUT2D eigenvalue weighted by molar-refractivity contribution is 5.10. The molecule has 2 fully saturated rings. The fourth-order valence-electron chi connectivity index (χ4n) is 3.53. The number of aromatic nitrogens is 1. The Kier molecular flexibility index (Phi) is 7.45. The lowest BCUT2D eigenvalue weighted by Gasteiger charge is -2.31. The van der Waals surface area contributed by atoms with Crippen LogP contribution in [0.1, 0.15) is 24.2 Å². The van der Waals surface area contributed by atoms with Gasteiger partial charge in [0.15, 0.2) is 0 Å². The number of hydrogen-bond acceptors (Lipinski definition) is 5. The van der Waals surface area contributed by atoms with Gasteiger partial charge in [-0.1, -0.05) is 17.9 Å². The normalized spacial score (nSPS) is 20.7. The number of piperidine rings is 1. The van der Waals surface area contributed by atoms with Crippen LogP contribution in [-0.2, 0) is 11.3 Å². The second-order valence-electron chi connectivity index (χ2n) is 7.49. The zero-order valence-corrected chi connectivity index (χ0v) is 16.3. The maximum absolute atomic E-state index is 5.96. The third kappa shape index (κ3) is 6.37. The fraction of sp³-hybridized carbons (Fsp3) is 0.667. The number of pyridine rings is 1. The summed E-state index contributed by atoms with van der Waals surface area (Å²) in [5.41, 5.74) is 2.26. The molecule has 1 aromatic heterocycles. The van der Waals surface area contributed by atoms with Gasteiger partial charge < -0.3 is 9.64 Å². The van der Waals surface area contributed by atoms with Gasteiger partial charge in [-0.05, 0) is 38.9 Å². The molecule has 0 spiro atoms. The number of aryl methyl sites for hydroxylation is 1. The molecule has 0 amide bonds. The Morgan fingerprint density at radius 3 is 2.54 bits per heavy atom. The van der Waals surface area contributed by atoms with Crippen molar-refractivity contribution in [1.82, 2.24) is 19.7 Å². The Morgan fingerprint density at radius 1 is 1.04 bits per heavy atom. The van der Waals surface area contributed by atoms with Crippen LogP contribution in [0.5, 0.6) is 0 Å². The molecule has 26 heavy (non-hydrogen) atoms. The third-order valence-electron chi connectivity index (χ3n) is 5.28. The molecule has 0 unspecified atom stereocenters. The van der Waals surface area contributed by atoms with Crippen molar-refractivity contribution in [1.29, 1.82) is 0 Å². The van der Waals surface area contributed by atoms with Crippen LogP contribution in [0.4, 0.5) is 0 Å². The van der Waals surface area contributed by atoms with Crippen molar-refractivity contribution < 1.29 is 4.74 Å². The summed E-state index contributed by atoms with van der Waals surface area (Å²) in [7, 11) is 2.18. The van der Waals surface area contributed by atoms with Gasteiger partial charge in [0.1, 0.15) is 6.61 Å². The SMILES string of the molecule is Cc1cccc(CN2CCC(OCC#CCN3CCN(C)CC3)CC2)n1. The lowest BCUT2D eigenvalue weighted by molar-refractivity contribution is 0.0223. The molecule has 0 atom stereocenters. The second-order valence-corrected chi connectivity index (χ2v) is 7.49. The molecule has 0 aliphatic carbocycles. The van der Waals surface area contributed by atoms with Crippen LogP contribution < -0.4 is 0 Å². The highest BCUT2D eigenvalue weighted by Crippen LogP contribution is 2.15. The lowest BCUT2D eigenvalue weighted by atomic mass is 10.1. The summed E-state index contributed by atoms with van der Waals surface area (Å²) in [6.07, 6.45) is 2.53. The van der Waals surface area contributed by atoms with Crippen molar-refractivity contribution >= 4 is 0 Å². The molecule has 2 aliphatic heterocycles. The van der Waals surface area contributed by atoms with Gasteiger partial charge in [-0.2, -0.15) is 0 Å². The van der Waals surface area contributed by atoms with Crippen LogP contribution in [0.2, 0.25) is 0 Å². The first-order chi connectivity index (χ1) is 12.7. The maximum atomic E-state index is 5.96. The second kappa shape index (κ2) is 10.0. The maximum Gasteiger partial charge on any atom is 0.108 e. The molecule has 5 nitrogen and oxygen atoms in total. The number of piperazine rings is 1. The summed E-state index contributed by atoms with van der Waals surface area (Å²) >= 11 is 0. The summed E-state index contributed by atoms with van der Waals surface area (Å²) in [5.74, 6) is 6.47. The molecule has 0 aromatic carbocycles. The zero-order valence-electron chi connectivity index (χ0n) is 16.3. The van der Waals surface area contributed by atoms with Gasteiger partial charge in [0.25, 0.3) is 0 Å². The minimum Gasteiger partial charge on any atom is -0.365 e. The Labute approximate surface area is 158 Å².